The molecule has 0 bridgehead atoms. The van der Waals surface area contributed by atoms with Crippen molar-refractivity contribution in [2.24, 2.45) is 0 Å². The third kappa shape index (κ3) is 19.0. The molecule has 0 aliphatic rings. The van der Waals surface area contributed by atoms with E-state index in [1.807, 2.05) is 6.92 Å². The number of esters is 2. The SMILES string of the molecule is CCCOC(=O)c1ccc(O)cc1.COC(=O)c1ccc(O)cc1.O=C(O)CN(CCN(CC(=O)O)CC(=O)O)CC(=O)O. The van der Waals surface area contributed by atoms with Gasteiger partial charge in [-0.05, 0) is 55.0 Å². The summed E-state index contributed by atoms with van der Waals surface area (Å²) < 4.78 is 9.35. The van der Waals surface area contributed by atoms with E-state index < -0.39 is 56.0 Å². The summed E-state index contributed by atoms with van der Waals surface area (Å²) >= 11 is 0. The summed E-state index contributed by atoms with van der Waals surface area (Å²) in [6, 6.07) is 11.9. The number of carboxylic acid groups (broad SMARTS) is 4. The molecule has 2 aromatic carbocycles. The molecule has 0 atom stereocenters. The van der Waals surface area contributed by atoms with Crippen molar-refractivity contribution in [3.8, 4) is 11.5 Å². The van der Waals surface area contributed by atoms with Crippen molar-refractivity contribution in [3.63, 3.8) is 0 Å². The van der Waals surface area contributed by atoms with Crippen LogP contribution in [0.2, 0.25) is 0 Å². The van der Waals surface area contributed by atoms with Crippen LogP contribution in [0.3, 0.4) is 0 Å². The first kappa shape index (κ1) is 38.8. The summed E-state index contributed by atoms with van der Waals surface area (Å²) in [6.45, 7) is 0.114. The first-order valence-corrected chi connectivity index (χ1v) is 12.8. The Morgan fingerprint density at radius 3 is 1.18 bits per heavy atom. The van der Waals surface area contributed by atoms with Crippen molar-refractivity contribution < 1.29 is 68.9 Å². The van der Waals surface area contributed by atoms with E-state index in [9.17, 15) is 28.8 Å². The highest BCUT2D eigenvalue weighted by atomic mass is 16.5. The molecule has 2 rings (SSSR count). The normalized spacial score (nSPS) is 10.0. The van der Waals surface area contributed by atoms with Crippen LogP contribution in [0.5, 0.6) is 11.5 Å². The van der Waals surface area contributed by atoms with Gasteiger partial charge in [-0.25, -0.2) is 9.59 Å². The van der Waals surface area contributed by atoms with Crippen LogP contribution in [-0.4, -0.2) is 129 Å². The van der Waals surface area contributed by atoms with Crippen molar-refractivity contribution >= 4 is 35.8 Å². The number of aliphatic carboxylic acids is 4. The topological polar surface area (TPSA) is 249 Å². The highest BCUT2D eigenvalue weighted by Crippen LogP contribution is 2.11. The van der Waals surface area contributed by atoms with Crippen LogP contribution in [-0.2, 0) is 28.7 Å². The third-order valence-corrected chi connectivity index (χ3v) is 5.00. The van der Waals surface area contributed by atoms with Crippen molar-refractivity contribution in [1.82, 2.24) is 9.80 Å². The molecule has 242 valence electrons. The number of hydrogen-bond donors (Lipinski definition) is 6. The van der Waals surface area contributed by atoms with Gasteiger partial charge in [-0.1, -0.05) is 6.92 Å². The fraction of sp³-hybridized carbons (Fsp3) is 0.357. The zero-order valence-corrected chi connectivity index (χ0v) is 24.1. The fourth-order valence-corrected chi connectivity index (χ4v) is 3.07. The minimum absolute atomic E-state index is 0.0703. The van der Waals surface area contributed by atoms with Gasteiger partial charge in [0.1, 0.15) is 11.5 Å². The van der Waals surface area contributed by atoms with Crippen molar-refractivity contribution in [2.45, 2.75) is 13.3 Å². The molecule has 0 radical (unpaired) electrons. The number of nitrogens with zero attached hydrogens (tertiary/aromatic N) is 2. The summed E-state index contributed by atoms with van der Waals surface area (Å²) in [5, 5.41) is 52.3. The largest absolute Gasteiger partial charge is 0.508 e. The molecule has 2 aromatic rings. The van der Waals surface area contributed by atoms with Gasteiger partial charge >= 0.3 is 35.8 Å². The third-order valence-electron chi connectivity index (χ3n) is 5.00. The predicted octanol–water partition coefficient (Wildman–Crippen LogP) is 1.07. The molecule has 0 aliphatic heterocycles. The van der Waals surface area contributed by atoms with E-state index in [-0.39, 0.29) is 30.6 Å². The first-order chi connectivity index (χ1) is 20.7. The number of carbonyl (C=O) groups is 6. The molecule has 16 nitrogen and oxygen atoms in total. The highest BCUT2D eigenvalue weighted by molar-refractivity contribution is 5.89. The summed E-state index contributed by atoms with van der Waals surface area (Å²) in [4.78, 5) is 66.4. The van der Waals surface area contributed by atoms with Gasteiger partial charge in [-0.2, -0.15) is 0 Å². The van der Waals surface area contributed by atoms with Gasteiger partial charge in [0, 0.05) is 13.1 Å². The maximum absolute atomic E-state index is 11.2. The van der Waals surface area contributed by atoms with Gasteiger partial charge in [-0.3, -0.25) is 29.0 Å². The Hall–Kier alpha value is -5.22. The number of benzene rings is 2. The zero-order chi connectivity index (χ0) is 33.7. The average molecular weight is 625 g/mol. The van der Waals surface area contributed by atoms with Gasteiger partial charge in [0.15, 0.2) is 0 Å². The van der Waals surface area contributed by atoms with Crippen LogP contribution < -0.4 is 0 Å². The Morgan fingerprint density at radius 1 is 0.591 bits per heavy atom. The fourth-order valence-electron chi connectivity index (χ4n) is 3.07. The summed E-state index contributed by atoms with van der Waals surface area (Å²) in [7, 11) is 1.31. The molecule has 0 fully saturated rings. The number of phenols is 2. The Balaban J connectivity index is 0.000000664. The molecule has 0 aromatic heterocycles. The molecule has 0 heterocycles. The summed E-state index contributed by atoms with van der Waals surface area (Å²) in [5.74, 6) is -5.37. The van der Waals surface area contributed by atoms with E-state index in [2.05, 4.69) is 4.74 Å². The van der Waals surface area contributed by atoms with E-state index in [0.29, 0.717) is 17.7 Å². The molecule has 0 aliphatic carbocycles. The molecule has 16 heteroatoms. The number of carbonyl (C=O) groups excluding carboxylic acids is 2. The van der Waals surface area contributed by atoms with E-state index in [0.717, 1.165) is 16.2 Å². The van der Waals surface area contributed by atoms with Crippen molar-refractivity contribution in [1.29, 1.82) is 0 Å². The minimum Gasteiger partial charge on any atom is -0.508 e. The van der Waals surface area contributed by atoms with Gasteiger partial charge in [-0.15, -0.1) is 0 Å². The molecule has 0 saturated heterocycles. The summed E-state index contributed by atoms with van der Waals surface area (Å²) in [6.07, 6.45) is 0.809. The lowest BCUT2D eigenvalue weighted by molar-refractivity contribution is -0.145. The van der Waals surface area contributed by atoms with Gasteiger partial charge in [0.2, 0.25) is 0 Å². The maximum atomic E-state index is 11.2. The van der Waals surface area contributed by atoms with E-state index in [1.54, 1.807) is 0 Å². The van der Waals surface area contributed by atoms with Gasteiger partial charge < -0.3 is 40.1 Å². The second-order valence-corrected chi connectivity index (χ2v) is 8.72. The van der Waals surface area contributed by atoms with Crippen LogP contribution >= 0.6 is 0 Å². The lowest BCUT2D eigenvalue weighted by Crippen LogP contribution is -2.43. The number of aromatic hydroxyl groups is 2. The van der Waals surface area contributed by atoms with Crippen LogP contribution in [0.15, 0.2) is 48.5 Å². The Kier molecular flexibility index (Phi) is 18.9. The second-order valence-electron chi connectivity index (χ2n) is 8.72. The average Bonchev–Trinajstić information content (AvgIpc) is 2.94. The lowest BCUT2D eigenvalue weighted by atomic mass is 10.2. The Bertz CT molecular complexity index is 1150. The number of hydrogen-bond acceptors (Lipinski definition) is 12. The van der Waals surface area contributed by atoms with Gasteiger partial charge in [0.25, 0.3) is 0 Å². The Morgan fingerprint density at radius 2 is 0.909 bits per heavy atom. The zero-order valence-electron chi connectivity index (χ0n) is 24.1. The first-order valence-electron chi connectivity index (χ1n) is 12.8. The predicted molar refractivity (Wildman–Crippen MR) is 152 cm³/mol. The standard InChI is InChI=1S/C10H16N2O8.C10H12O3.C8H8O3/c13-7(14)3-11(4-8(15)16)1-2-12(5-9(17)18)6-10(19)20;1-2-7-13-10(12)8-3-5-9(11)6-4-8;1-11-8(10)6-2-4-7(9)5-3-6/h1-6H2,(H,13,14)(H,15,16)(H,17,18)(H,19,20);3-6,11H,2,7H2,1H3;2-5,9H,1H3. The van der Waals surface area contributed by atoms with Crippen LogP contribution in [0.4, 0.5) is 0 Å². The van der Waals surface area contributed by atoms with E-state index in [4.69, 9.17) is 35.4 Å². The number of phenolic OH excluding ortho intramolecular Hbond substituents is 2. The molecular weight excluding hydrogens is 588 g/mol. The molecule has 0 spiro atoms. The lowest BCUT2D eigenvalue weighted by Gasteiger charge is -2.23. The Labute approximate surface area is 252 Å². The quantitative estimate of drug-likeness (QED) is 0.152. The van der Waals surface area contributed by atoms with Crippen molar-refractivity contribution in [3.05, 3.63) is 59.7 Å². The van der Waals surface area contributed by atoms with E-state index >= 15 is 0 Å². The van der Waals surface area contributed by atoms with Crippen LogP contribution in [0.25, 0.3) is 0 Å². The smallest absolute Gasteiger partial charge is 0.338 e. The summed E-state index contributed by atoms with van der Waals surface area (Å²) in [5.41, 5.74) is 0.900. The van der Waals surface area contributed by atoms with Crippen molar-refractivity contribution in [2.75, 3.05) is 53.0 Å². The molecule has 6 N–H and O–H groups in total. The maximum Gasteiger partial charge on any atom is 0.338 e. The number of methoxy groups -OCH3 is 1. The van der Waals surface area contributed by atoms with Gasteiger partial charge in [0.05, 0.1) is 51.0 Å². The molecule has 44 heavy (non-hydrogen) atoms. The number of rotatable bonds is 15. The second kappa shape index (κ2) is 21.5. The molecule has 0 amide bonds. The van der Waals surface area contributed by atoms with Crippen LogP contribution in [0.1, 0.15) is 34.1 Å². The molecule has 0 unspecified atom stereocenters. The monoisotopic (exact) mass is 624 g/mol. The molecular formula is C28H36N2O14. The van der Waals surface area contributed by atoms with Crippen LogP contribution in [0, 0.1) is 0 Å². The number of ether oxygens (including phenoxy) is 2. The van der Waals surface area contributed by atoms with E-state index in [1.165, 1.54) is 55.6 Å². The number of carboxylic acids is 4. The minimum atomic E-state index is -1.23. The highest BCUT2D eigenvalue weighted by Gasteiger charge is 2.18. The molecule has 0 saturated carbocycles.